The lowest BCUT2D eigenvalue weighted by atomic mass is 10.3. The van der Waals surface area contributed by atoms with Crippen molar-refractivity contribution < 1.29 is 14.3 Å². The lowest BCUT2D eigenvalue weighted by Crippen LogP contribution is -2.19. The smallest absolute Gasteiger partial charge is 0.316 e. The highest BCUT2D eigenvalue weighted by atomic mass is 16.5. The van der Waals surface area contributed by atoms with Crippen molar-refractivity contribution in [3.05, 3.63) is 18.2 Å². The van der Waals surface area contributed by atoms with Gasteiger partial charge in [0, 0.05) is 11.8 Å². The zero-order valence-corrected chi connectivity index (χ0v) is 8.03. The molecule has 14 heavy (non-hydrogen) atoms. The molecule has 0 radical (unpaired) electrons. The number of hydrogen-bond acceptors (Lipinski definition) is 3. The normalized spacial score (nSPS) is 9.29. The van der Waals surface area contributed by atoms with Crippen molar-refractivity contribution in [2.24, 2.45) is 5.73 Å². The van der Waals surface area contributed by atoms with Gasteiger partial charge in [-0.1, -0.05) is 0 Å². The molecule has 5 heteroatoms. The van der Waals surface area contributed by atoms with Gasteiger partial charge in [0.2, 0.25) is 0 Å². The molecule has 0 aliphatic rings. The molecule has 1 rings (SSSR count). The average molecular weight is 196 g/mol. The minimum Gasteiger partial charge on any atom is -0.493 e. The molecule has 0 unspecified atom stereocenters. The van der Waals surface area contributed by atoms with E-state index in [2.05, 4.69) is 5.32 Å². The van der Waals surface area contributed by atoms with E-state index < -0.39 is 6.03 Å². The highest BCUT2D eigenvalue weighted by Crippen LogP contribution is 2.29. The largest absolute Gasteiger partial charge is 0.493 e. The van der Waals surface area contributed by atoms with Crippen LogP contribution in [0.15, 0.2) is 18.2 Å². The van der Waals surface area contributed by atoms with Gasteiger partial charge in [-0.25, -0.2) is 4.79 Å². The first kappa shape index (κ1) is 10.2. The van der Waals surface area contributed by atoms with Gasteiger partial charge < -0.3 is 20.5 Å². The molecule has 0 aromatic heterocycles. The molecule has 0 heterocycles. The van der Waals surface area contributed by atoms with Gasteiger partial charge >= 0.3 is 6.03 Å². The predicted molar refractivity (Wildman–Crippen MR) is 52.8 cm³/mol. The van der Waals surface area contributed by atoms with Crippen molar-refractivity contribution in [2.45, 2.75) is 0 Å². The third-order valence-electron chi connectivity index (χ3n) is 1.65. The number of benzene rings is 1. The predicted octanol–water partition coefficient (Wildman–Crippen LogP) is 1.19. The number of nitrogens with one attached hydrogen (secondary N) is 1. The summed E-state index contributed by atoms with van der Waals surface area (Å²) >= 11 is 0. The number of methoxy groups -OCH3 is 2. The average Bonchev–Trinajstić information content (AvgIpc) is 2.16. The van der Waals surface area contributed by atoms with E-state index in [-0.39, 0.29) is 0 Å². The molecule has 2 amide bonds. The zero-order valence-electron chi connectivity index (χ0n) is 8.03. The summed E-state index contributed by atoms with van der Waals surface area (Å²) in [6.45, 7) is 0. The maximum atomic E-state index is 10.6. The summed E-state index contributed by atoms with van der Waals surface area (Å²) in [5.74, 6) is 1.14. The molecule has 3 N–H and O–H groups in total. The second kappa shape index (κ2) is 4.36. The summed E-state index contributed by atoms with van der Waals surface area (Å²) in [6, 6.07) is 4.37. The lowest BCUT2D eigenvalue weighted by Gasteiger charge is -2.09. The summed E-state index contributed by atoms with van der Waals surface area (Å²) < 4.78 is 10.1. The van der Waals surface area contributed by atoms with Crippen LogP contribution in [-0.4, -0.2) is 20.3 Å². The maximum Gasteiger partial charge on any atom is 0.316 e. The lowest BCUT2D eigenvalue weighted by molar-refractivity contribution is 0.259. The fourth-order valence-corrected chi connectivity index (χ4v) is 1.06. The molecular weight excluding hydrogens is 184 g/mol. The van der Waals surface area contributed by atoms with Crippen LogP contribution in [-0.2, 0) is 0 Å². The molecule has 1 aromatic carbocycles. The molecule has 0 bridgehead atoms. The van der Waals surface area contributed by atoms with Crippen LogP contribution in [0.2, 0.25) is 0 Å². The van der Waals surface area contributed by atoms with Crippen LogP contribution in [0.5, 0.6) is 11.5 Å². The summed E-state index contributed by atoms with van der Waals surface area (Å²) in [6.07, 6.45) is 0. The van der Waals surface area contributed by atoms with E-state index in [1.54, 1.807) is 25.3 Å². The van der Waals surface area contributed by atoms with E-state index in [1.165, 1.54) is 7.11 Å². The molecule has 0 aliphatic heterocycles. The first-order valence-electron chi connectivity index (χ1n) is 3.96. The van der Waals surface area contributed by atoms with Gasteiger partial charge in [0.15, 0.2) is 11.5 Å². The Bertz CT molecular complexity index is 339. The van der Waals surface area contributed by atoms with Crippen LogP contribution in [0.1, 0.15) is 0 Å². The zero-order chi connectivity index (χ0) is 10.6. The Morgan fingerprint density at radius 2 is 1.93 bits per heavy atom. The van der Waals surface area contributed by atoms with E-state index in [4.69, 9.17) is 15.2 Å². The molecule has 5 nitrogen and oxygen atoms in total. The summed E-state index contributed by atoms with van der Waals surface area (Å²) in [5.41, 5.74) is 5.53. The Kier molecular flexibility index (Phi) is 3.17. The van der Waals surface area contributed by atoms with Crippen LogP contribution in [0, 0.1) is 0 Å². The Labute approximate surface area is 81.8 Å². The highest BCUT2D eigenvalue weighted by molar-refractivity contribution is 5.88. The van der Waals surface area contributed by atoms with Gasteiger partial charge in [0.25, 0.3) is 0 Å². The number of carbonyl (C=O) groups is 1. The summed E-state index contributed by atoms with van der Waals surface area (Å²) in [7, 11) is 3.06. The van der Waals surface area contributed by atoms with Crippen LogP contribution >= 0.6 is 0 Å². The van der Waals surface area contributed by atoms with Crippen molar-refractivity contribution in [3.8, 4) is 11.5 Å². The number of rotatable bonds is 3. The van der Waals surface area contributed by atoms with Gasteiger partial charge in [-0.05, 0) is 12.1 Å². The third-order valence-corrected chi connectivity index (χ3v) is 1.65. The molecule has 1 aromatic rings. The van der Waals surface area contributed by atoms with Crippen molar-refractivity contribution in [1.29, 1.82) is 0 Å². The fraction of sp³-hybridized carbons (Fsp3) is 0.222. The topological polar surface area (TPSA) is 73.6 Å². The van der Waals surface area contributed by atoms with Gasteiger partial charge in [-0.2, -0.15) is 0 Å². The molecule has 0 saturated carbocycles. The highest BCUT2D eigenvalue weighted by Gasteiger charge is 2.04. The Hall–Kier alpha value is -1.91. The van der Waals surface area contributed by atoms with Gasteiger partial charge in [-0.3, -0.25) is 0 Å². The van der Waals surface area contributed by atoms with E-state index in [1.807, 2.05) is 0 Å². The number of nitrogens with two attached hydrogens (primary N) is 1. The standard InChI is InChI=1S/C9H12N2O3/c1-13-7-4-3-6(11-9(10)12)5-8(7)14-2/h3-5H,1-2H3,(H3,10,11,12). The molecule has 0 fully saturated rings. The SMILES string of the molecule is COc1ccc(NC(N)=O)cc1OC. The second-order valence-electron chi connectivity index (χ2n) is 2.56. The molecular formula is C9H12N2O3. The van der Waals surface area contributed by atoms with E-state index >= 15 is 0 Å². The van der Waals surface area contributed by atoms with E-state index in [9.17, 15) is 4.79 Å². The third kappa shape index (κ3) is 2.29. The quantitative estimate of drug-likeness (QED) is 0.762. The summed E-state index contributed by atoms with van der Waals surface area (Å²) in [4.78, 5) is 10.6. The molecule has 0 saturated heterocycles. The van der Waals surface area contributed by atoms with E-state index in [0.29, 0.717) is 17.2 Å². The van der Waals surface area contributed by atoms with Crippen LogP contribution in [0.25, 0.3) is 0 Å². The molecule has 0 aliphatic carbocycles. The van der Waals surface area contributed by atoms with Gasteiger partial charge in [0.05, 0.1) is 14.2 Å². The number of hydrogen-bond donors (Lipinski definition) is 2. The van der Waals surface area contributed by atoms with E-state index in [0.717, 1.165) is 0 Å². The summed E-state index contributed by atoms with van der Waals surface area (Å²) in [5, 5.41) is 2.43. The van der Waals surface area contributed by atoms with Crippen LogP contribution < -0.4 is 20.5 Å². The van der Waals surface area contributed by atoms with Crippen molar-refractivity contribution >= 4 is 11.7 Å². The van der Waals surface area contributed by atoms with Crippen molar-refractivity contribution in [1.82, 2.24) is 0 Å². The Morgan fingerprint density at radius 3 is 2.43 bits per heavy atom. The number of carbonyl (C=O) groups excluding carboxylic acids is 1. The Morgan fingerprint density at radius 1 is 1.29 bits per heavy atom. The first-order chi connectivity index (χ1) is 6.67. The number of primary amides is 1. The number of amides is 2. The van der Waals surface area contributed by atoms with Crippen molar-refractivity contribution in [2.75, 3.05) is 19.5 Å². The second-order valence-corrected chi connectivity index (χ2v) is 2.56. The molecule has 0 spiro atoms. The minimum absolute atomic E-state index is 0.541. The number of anilines is 1. The van der Waals surface area contributed by atoms with Gasteiger partial charge in [0.1, 0.15) is 0 Å². The minimum atomic E-state index is -0.614. The number of ether oxygens (including phenoxy) is 2. The first-order valence-corrected chi connectivity index (χ1v) is 3.96. The fourth-order valence-electron chi connectivity index (χ4n) is 1.06. The molecule has 76 valence electrons. The molecule has 0 atom stereocenters. The maximum absolute atomic E-state index is 10.6. The Balaban J connectivity index is 2.95. The van der Waals surface area contributed by atoms with Crippen LogP contribution in [0.3, 0.4) is 0 Å². The van der Waals surface area contributed by atoms with Crippen LogP contribution in [0.4, 0.5) is 10.5 Å². The monoisotopic (exact) mass is 196 g/mol. The number of urea groups is 1. The van der Waals surface area contributed by atoms with Gasteiger partial charge in [-0.15, -0.1) is 0 Å². The van der Waals surface area contributed by atoms with Crippen molar-refractivity contribution in [3.63, 3.8) is 0 Å².